The van der Waals surface area contributed by atoms with Gasteiger partial charge in [-0.15, -0.1) is 0 Å². The van der Waals surface area contributed by atoms with E-state index in [-0.39, 0.29) is 29.2 Å². The molecule has 1 aromatic rings. The fourth-order valence-electron chi connectivity index (χ4n) is 3.85. The van der Waals surface area contributed by atoms with Gasteiger partial charge in [0.1, 0.15) is 5.75 Å². The standard InChI is InChI=1S/C22H24O6/c1-11-7-13-15(23)9-19(28-6)22(24)21(13)20(12(11)2)14-8-17(26-4)18(27-5)10-16(14)25-3/h7-10,12,20H,1-6H3/t12-,20-/m0/s1. The zero-order valence-corrected chi connectivity index (χ0v) is 16.9. The maximum atomic E-state index is 13.1. The molecule has 0 heterocycles. The highest BCUT2D eigenvalue weighted by Gasteiger charge is 2.41. The van der Waals surface area contributed by atoms with Gasteiger partial charge in [0.05, 0.1) is 28.4 Å². The molecule has 0 aromatic heterocycles. The molecule has 6 nitrogen and oxygen atoms in total. The minimum absolute atomic E-state index is 0.0290. The van der Waals surface area contributed by atoms with Crippen molar-refractivity contribution in [3.05, 3.63) is 52.3 Å². The highest BCUT2D eigenvalue weighted by atomic mass is 16.5. The lowest BCUT2D eigenvalue weighted by molar-refractivity contribution is -0.118. The number of rotatable bonds is 5. The molecule has 0 unspecified atom stereocenters. The Morgan fingerprint density at radius 1 is 0.821 bits per heavy atom. The lowest BCUT2D eigenvalue weighted by Crippen LogP contribution is -2.30. The third-order valence-corrected chi connectivity index (χ3v) is 5.48. The van der Waals surface area contributed by atoms with E-state index in [2.05, 4.69) is 0 Å². The van der Waals surface area contributed by atoms with E-state index in [1.807, 2.05) is 19.9 Å². The molecular formula is C22H24O6. The number of hydrogen-bond acceptors (Lipinski definition) is 6. The molecule has 0 spiro atoms. The Morgan fingerprint density at radius 2 is 1.43 bits per heavy atom. The predicted molar refractivity (Wildman–Crippen MR) is 104 cm³/mol. The summed E-state index contributed by atoms with van der Waals surface area (Å²) in [5, 5.41) is 0. The van der Waals surface area contributed by atoms with Crippen LogP contribution in [0.25, 0.3) is 0 Å². The molecule has 0 saturated carbocycles. The molecule has 0 bridgehead atoms. The molecule has 1 aromatic carbocycles. The van der Waals surface area contributed by atoms with Crippen LogP contribution >= 0.6 is 0 Å². The van der Waals surface area contributed by atoms with Crippen molar-refractivity contribution >= 4 is 11.6 Å². The quantitative estimate of drug-likeness (QED) is 0.725. The third-order valence-electron chi connectivity index (χ3n) is 5.48. The van der Waals surface area contributed by atoms with Gasteiger partial charge in [-0.2, -0.15) is 0 Å². The Bertz CT molecular complexity index is 935. The Balaban J connectivity index is 2.27. The van der Waals surface area contributed by atoms with E-state index in [1.54, 1.807) is 33.5 Å². The first kappa shape index (κ1) is 19.7. The maximum Gasteiger partial charge on any atom is 0.225 e. The first-order chi connectivity index (χ1) is 13.4. The molecule has 0 radical (unpaired) electrons. The second-order valence-corrected chi connectivity index (χ2v) is 6.84. The number of carbonyl (C=O) groups is 2. The summed E-state index contributed by atoms with van der Waals surface area (Å²) in [6.07, 6.45) is 3.05. The number of allylic oxidation sites excluding steroid dienone is 5. The van der Waals surface area contributed by atoms with Gasteiger partial charge in [-0.25, -0.2) is 0 Å². The highest BCUT2D eigenvalue weighted by Crippen LogP contribution is 2.49. The van der Waals surface area contributed by atoms with Crippen molar-refractivity contribution in [2.75, 3.05) is 28.4 Å². The van der Waals surface area contributed by atoms with Crippen molar-refractivity contribution in [1.82, 2.24) is 0 Å². The summed E-state index contributed by atoms with van der Waals surface area (Å²) in [6.45, 7) is 3.99. The SMILES string of the molecule is COC1=CC(=O)C2=C(C1=O)[C@H](c1cc(OC)c(OC)cc1OC)[C@@H](C)C(C)=C2. The molecule has 0 aliphatic heterocycles. The predicted octanol–water partition coefficient (Wildman–Crippen LogP) is 3.37. The molecule has 6 heteroatoms. The average molecular weight is 384 g/mol. The summed E-state index contributed by atoms with van der Waals surface area (Å²) in [7, 11) is 6.05. The molecule has 0 N–H and O–H groups in total. The third kappa shape index (κ3) is 2.99. The van der Waals surface area contributed by atoms with Crippen LogP contribution in [0.3, 0.4) is 0 Å². The molecule has 2 aliphatic rings. The van der Waals surface area contributed by atoms with Crippen LogP contribution in [0, 0.1) is 5.92 Å². The Hall–Kier alpha value is -3.02. The van der Waals surface area contributed by atoms with E-state index in [9.17, 15) is 9.59 Å². The zero-order chi connectivity index (χ0) is 20.6. The lowest BCUT2D eigenvalue weighted by Gasteiger charge is -2.34. The summed E-state index contributed by atoms with van der Waals surface area (Å²) in [5.74, 6) is 0.729. The molecule has 0 fully saturated rings. The number of ketones is 2. The first-order valence-electron chi connectivity index (χ1n) is 8.94. The molecular weight excluding hydrogens is 360 g/mol. The van der Waals surface area contributed by atoms with Crippen molar-refractivity contribution in [2.45, 2.75) is 19.8 Å². The van der Waals surface area contributed by atoms with Gasteiger partial charge in [0.15, 0.2) is 23.0 Å². The minimum Gasteiger partial charge on any atom is -0.496 e. The number of hydrogen-bond donors (Lipinski definition) is 0. The van der Waals surface area contributed by atoms with Crippen molar-refractivity contribution in [3.8, 4) is 17.2 Å². The fourth-order valence-corrected chi connectivity index (χ4v) is 3.85. The second-order valence-electron chi connectivity index (χ2n) is 6.84. The van der Waals surface area contributed by atoms with Crippen LogP contribution in [-0.2, 0) is 14.3 Å². The van der Waals surface area contributed by atoms with Crippen LogP contribution in [0.15, 0.2) is 46.8 Å². The largest absolute Gasteiger partial charge is 0.496 e. The summed E-state index contributed by atoms with van der Waals surface area (Å²) >= 11 is 0. The fraction of sp³-hybridized carbons (Fsp3) is 0.364. The van der Waals surface area contributed by atoms with E-state index in [0.717, 1.165) is 11.1 Å². The van der Waals surface area contributed by atoms with Crippen LogP contribution in [0.5, 0.6) is 17.2 Å². The van der Waals surface area contributed by atoms with Gasteiger partial charge in [0, 0.05) is 34.8 Å². The highest BCUT2D eigenvalue weighted by molar-refractivity contribution is 6.24. The van der Waals surface area contributed by atoms with Gasteiger partial charge in [0.25, 0.3) is 0 Å². The molecule has 2 aliphatic carbocycles. The Morgan fingerprint density at radius 3 is 2.00 bits per heavy atom. The van der Waals surface area contributed by atoms with Crippen molar-refractivity contribution < 1.29 is 28.5 Å². The van der Waals surface area contributed by atoms with E-state index in [1.165, 1.54) is 13.2 Å². The topological polar surface area (TPSA) is 71.1 Å². The summed E-state index contributed by atoms with van der Waals surface area (Å²) in [5.41, 5.74) is 2.60. The van der Waals surface area contributed by atoms with Gasteiger partial charge in [-0.3, -0.25) is 9.59 Å². The van der Waals surface area contributed by atoms with Gasteiger partial charge in [-0.1, -0.05) is 18.6 Å². The zero-order valence-electron chi connectivity index (χ0n) is 16.9. The van der Waals surface area contributed by atoms with Gasteiger partial charge in [-0.05, 0) is 18.9 Å². The van der Waals surface area contributed by atoms with Crippen molar-refractivity contribution in [3.63, 3.8) is 0 Å². The first-order valence-corrected chi connectivity index (χ1v) is 8.94. The summed E-state index contributed by atoms with van der Waals surface area (Å²) in [4.78, 5) is 25.8. The Kier molecular flexibility index (Phi) is 5.31. The van der Waals surface area contributed by atoms with E-state index in [4.69, 9.17) is 18.9 Å². The molecule has 0 saturated heterocycles. The van der Waals surface area contributed by atoms with Crippen LogP contribution in [0.4, 0.5) is 0 Å². The van der Waals surface area contributed by atoms with E-state index < -0.39 is 0 Å². The van der Waals surface area contributed by atoms with E-state index in [0.29, 0.717) is 28.4 Å². The smallest absolute Gasteiger partial charge is 0.225 e. The van der Waals surface area contributed by atoms with Crippen LogP contribution in [0.1, 0.15) is 25.3 Å². The van der Waals surface area contributed by atoms with Crippen LogP contribution < -0.4 is 14.2 Å². The van der Waals surface area contributed by atoms with Crippen LogP contribution in [-0.4, -0.2) is 40.0 Å². The number of carbonyl (C=O) groups excluding carboxylic acids is 2. The second kappa shape index (κ2) is 7.54. The minimum atomic E-state index is -0.384. The number of methoxy groups -OCH3 is 4. The lowest BCUT2D eigenvalue weighted by atomic mass is 9.69. The average Bonchev–Trinajstić information content (AvgIpc) is 2.70. The van der Waals surface area contributed by atoms with Crippen molar-refractivity contribution in [1.29, 1.82) is 0 Å². The van der Waals surface area contributed by atoms with Gasteiger partial charge >= 0.3 is 0 Å². The number of ether oxygens (including phenoxy) is 4. The summed E-state index contributed by atoms with van der Waals surface area (Å²) < 4.78 is 21.6. The number of Topliss-reactive ketones (excluding diaryl/α,β-unsaturated/α-hetero) is 1. The van der Waals surface area contributed by atoms with Crippen molar-refractivity contribution in [2.24, 2.45) is 5.92 Å². The normalized spacial score (nSPS) is 21.6. The molecule has 28 heavy (non-hydrogen) atoms. The number of benzene rings is 1. The molecule has 2 atom stereocenters. The van der Waals surface area contributed by atoms with Crippen LogP contribution in [0.2, 0.25) is 0 Å². The van der Waals surface area contributed by atoms with E-state index >= 15 is 0 Å². The molecule has 0 amide bonds. The monoisotopic (exact) mass is 384 g/mol. The van der Waals surface area contributed by atoms with Gasteiger partial charge < -0.3 is 18.9 Å². The molecule has 148 valence electrons. The maximum absolute atomic E-state index is 13.1. The summed E-state index contributed by atoms with van der Waals surface area (Å²) in [6, 6.07) is 3.54. The van der Waals surface area contributed by atoms with Gasteiger partial charge in [0.2, 0.25) is 5.78 Å². The Labute approximate surface area is 164 Å². The molecule has 3 rings (SSSR count).